The fraction of sp³-hybridized carbons (Fsp3) is 0.965. The normalized spacial score (nSPS) is 37.1. The molecule has 18 heteroatoms. The van der Waals surface area contributed by atoms with Gasteiger partial charge in [0.1, 0.15) is 61.0 Å². The van der Waals surface area contributed by atoms with Crippen molar-refractivity contribution in [3.63, 3.8) is 0 Å². The van der Waals surface area contributed by atoms with Gasteiger partial charge in [-0.2, -0.15) is 0 Å². The van der Waals surface area contributed by atoms with Gasteiger partial charge in [-0.3, -0.25) is 9.59 Å². The largest absolute Gasteiger partial charge is 0.465 e. The van der Waals surface area contributed by atoms with E-state index in [1.165, 1.54) is 0 Å². The van der Waals surface area contributed by atoms with Crippen molar-refractivity contribution in [2.45, 2.75) is 290 Å². The van der Waals surface area contributed by atoms with Gasteiger partial charge in [-0.25, -0.2) is 0 Å². The van der Waals surface area contributed by atoms with Crippen LogP contribution in [-0.4, -0.2) is 187 Å². The lowest BCUT2D eigenvalue weighted by atomic mass is 9.87. The summed E-state index contributed by atoms with van der Waals surface area (Å²) < 4.78 is 74.5. The number of hydrogen-bond donors (Lipinski definition) is 4. The summed E-state index contributed by atoms with van der Waals surface area (Å²) in [6.45, 7) is 32.6. The van der Waals surface area contributed by atoms with Gasteiger partial charge in [-0.1, -0.05) is 55.4 Å². The molecule has 7 rings (SSSR count). The van der Waals surface area contributed by atoms with E-state index in [4.69, 9.17) is 56.8 Å². The third-order valence-electron chi connectivity index (χ3n) is 15.8. The van der Waals surface area contributed by atoms with Gasteiger partial charge in [-0.05, 0) is 105 Å². The van der Waals surface area contributed by atoms with Crippen LogP contribution in [0.3, 0.4) is 0 Å². The van der Waals surface area contributed by atoms with Crippen molar-refractivity contribution in [3.05, 3.63) is 0 Å². The number of fused-ring (bicyclic) bond motifs is 4. The molecule has 0 aromatic heterocycles. The lowest BCUT2D eigenvalue weighted by Gasteiger charge is -2.47. The van der Waals surface area contributed by atoms with Crippen molar-refractivity contribution in [1.82, 2.24) is 0 Å². The van der Waals surface area contributed by atoms with Crippen molar-refractivity contribution in [1.29, 1.82) is 0 Å². The molecule has 0 amide bonds. The summed E-state index contributed by atoms with van der Waals surface area (Å²) in [5, 5.41) is 42.4. The first-order valence-corrected chi connectivity index (χ1v) is 28.5. The third kappa shape index (κ3) is 16.1. The highest BCUT2D eigenvalue weighted by atomic mass is 16.7. The second-order valence-electron chi connectivity index (χ2n) is 26.4. The minimum atomic E-state index is -0.950. The van der Waals surface area contributed by atoms with Crippen LogP contribution in [0.4, 0.5) is 0 Å². The molecule has 4 N–H and O–H groups in total. The topological polar surface area (TPSA) is 226 Å². The minimum Gasteiger partial charge on any atom is -0.465 e. The van der Waals surface area contributed by atoms with Gasteiger partial charge < -0.3 is 77.3 Å². The standard InChI is InChI=1S/C30H52O9.C27H48O9/c1-16(2)23(17(3)4)38-25-21(14-19-15-34-30(8,9)39-19)37-26-22(31)24-20(36-27(25)26)11-10-18(35-24)12-13-33-28(32)29(5,6)7;1-14(2)21(15(3)4)36-23-19(12-16(29)13-28)35-24-20(30)22-18(34-25(23)24)9-8-17(33-22)10-11-32-26(31)27(5,6)7/h16-27,31H,10-15H2,1-9H3;14-25,28-30H,8-13H2,1-7H3/t18-,19-,20+,21-,22-,24+,25+,26+,27+;16-,17-,18+,19-,20-,22+,23+,24+,25+/m11/s1. The van der Waals surface area contributed by atoms with Crippen molar-refractivity contribution in [3.8, 4) is 0 Å². The Morgan fingerprint density at radius 1 is 0.573 bits per heavy atom. The zero-order chi connectivity index (χ0) is 55.5. The smallest absolute Gasteiger partial charge is 0.311 e. The highest BCUT2D eigenvalue weighted by Crippen LogP contribution is 2.45. The average molecular weight is 1070 g/mol. The first kappa shape index (κ1) is 62.6. The monoisotopic (exact) mass is 1070 g/mol. The number of aliphatic hydroxyl groups is 4. The second-order valence-corrected chi connectivity index (χ2v) is 26.4. The number of hydrogen-bond acceptors (Lipinski definition) is 18. The summed E-state index contributed by atoms with van der Waals surface area (Å²) in [5.74, 6) is 0.0732. The van der Waals surface area contributed by atoms with Crippen LogP contribution in [0.15, 0.2) is 0 Å². The molecular weight excluding hydrogens is 973 g/mol. The van der Waals surface area contributed by atoms with Gasteiger partial charge in [-0.15, -0.1) is 0 Å². The van der Waals surface area contributed by atoms with Crippen LogP contribution in [-0.2, 0) is 66.4 Å². The van der Waals surface area contributed by atoms with Gasteiger partial charge in [0.2, 0.25) is 0 Å². The van der Waals surface area contributed by atoms with Gasteiger partial charge in [0.15, 0.2) is 5.79 Å². The molecule has 18 nitrogen and oxygen atoms in total. The fourth-order valence-corrected chi connectivity index (χ4v) is 12.0. The van der Waals surface area contributed by atoms with E-state index in [0.717, 1.165) is 19.3 Å². The van der Waals surface area contributed by atoms with Gasteiger partial charge in [0.25, 0.3) is 0 Å². The molecule has 7 saturated heterocycles. The van der Waals surface area contributed by atoms with Crippen LogP contribution in [0.2, 0.25) is 0 Å². The predicted molar refractivity (Wildman–Crippen MR) is 276 cm³/mol. The summed E-state index contributed by atoms with van der Waals surface area (Å²) >= 11 is 0. The van der Waals surface area contributed by atoms with E-state index in [1.807, 2.05) is 55.4 Å². The maximum atomic E-state index is 12.1. The Labute approximate surface area is 448 Å². The van der Waals surface area contributed by atoms with Crippen molar-refractivity contribution < 1.29 is 86.9 Å². The molecule has 7 heterocycles. The molecule has 7 aliphatic rings. The Balaban J connectivity index is 0.000000245. The molecule has 0 saturated carbocycles. The van der Waals surface area contributed by atoms with Gasteiger partial charge in [0, 0.05) is 25.7 Å². The maximum absolute atomic E-state index is 12.1. The predicted octanol–water partition coefficient (Wildman–Crippen LogP) is 6.23. The Kier molecular flexibility index (Phi) is 22.0. The summed E-state index contributed by atoms with van der Waals surface area (Å²) in [7, 11) is 0. The van der Waals surface area contributed by atoms with Crippen molar-refractivity contribution in [2.75, 3.05) is 26.4 Å². The highest BCUT2D eigenvalue weighted by molar-refractivity contribution is 5.75. The Hall–Kier alpha value is -1.62. The Bertz CT molecular complexity index is 1760. The number of esters is 2. The summed E-state index contributed by atoms with van der Waals surface area (Å²) in [4.78, 5) is 24.2. The van der Waals surface area contributed by atoms with Crippen molar-refractivity contribution in [2.24, 2.45) is 34.5 Å². The first-order valence-electron chi connectivity index (χ1n) is 28.5. The number of carbonyl (C=O) groups excluding carboxylic acids is 2. The molecule has 0 bridgehead atoms. The quantitative estimate of drug-likeness (QED) is 0.105. The third-order valence-corrected chi connectivity index (χ3v) is 15.8. The zero-order valence-electron chi connectivity index (χ0n) is 48.3. The molecule has 75 heavy (non-hydrogen) atoms. The van der Waals surface area contributed by atoms with Crippen molar-refractivity contribution >= 4 is 11.9 Å². The SMILES string of the molecule is CC(C)C(O[C@@H]1[C@@H]2O[C@H]3CC[C@H](CCOC(=O)C(C)(C)C)O[C@@H]3[C@@H](O)[C@@H]2O[C@@H]1C[C@@H](O)CO)C(C)C.CC(C)C(O[C@@H]1[C@@H]2O[C@H]3CC[C@H](CCOC(=O)C(C)(C)C)O[C@@H]3[C@@H](O)[C@@H]2O[C@@H]1C[C@@H]1COC(C)(C)O1)C(C)C. The van der Waals surface area contributed by atoms with Gasteiger partial charge in [0.05, 0.1) is 98.3 Å². The minimum absolute atomic E-state index is 0.0262. The summed E-state index contributed by atoms with van der Waals surface area (Å²) in [6.07, 6.45) is -3.60. The van der Waals surface area contributed by atoms with E-state index in [0.29, 0.717) is 50.7 Å². The number of ether oxygens (including phenoxy) is 12. The molecule has 18 atom stereocenters. The number of rotatable bonds is 19. The molecule has 7 aliphatic heterocycles. The van der Waals surface area contributed by atoms with Crippen LogP contribution in [0.25, 0.3) is 0 Å². The van der Waals surface area contributed by atoms with Gasteiger partial charge >= 0.3 is 11.9 Å². The molecule has 0 aliphatic carbocycles. The maximum Gasteiger partial charge on any atom is 0.311 e. The molecular formula is C57H100O18. The molecule has 0 aromatic carbocycles. The molecule has 0 aromatic rings. The summed E-state index contributed by atoms with van der Waals surface area (Å²) in [6, 6.07) is 0. The molecule has 0 radical (unpaired) electrons. The average Bonchev–Trinajstić information content (AvgIpc) is 3.97. The molecule has 0 spiro atoms. The Morgan fingerprint density at radius 2 is 0.987 bits per heavy atom. The Morgan fingerprint density at radius 3 is 1.36 bits per heavy atom. The van der Waals surface area contributed by atoms with Crippen LogP contribution in [0.1, 0.15) is 162 Å². The molecule has 0 unspecified atom stereocenters. The summed E-state index contributed by atoms with van der Waals surface area (Å²) in [5.41, 5.74) is -1.09. The lowest BCUT2D eigenvalue weighted by Crippen LogP contribution is -2.61. The van der Waals surface area contributed by atoms with E-state index in [9.17, 15) is 30.0 Å². The van der Waals surface area contributed by atoms with Crippen LogP contribution < -0.4 is 0 Å². The van der Waals surface area contributed by atoms with E-state index in [2.05, 4.69) is 55.4 Å². The van der Waals surface area contributed by atoms with Crippen LogP contribution in [0, 0.1) is 34.5 Å². The first-order chi connectivity index (χ1) is 35.0. The molecule has 7 fully saturated rings. The van der Waals surface area contributed by atoms with E-state index in [1.54, 1.807) is 0 Å². The highest BCUT2D eigenvalue weighted by Gasteiger charge is 2.60. The number of aliphatic hydroxyl groups excluding tert-OH is 4. The van der Waals surface area contributed by atoms with E-state index in [-0.39, 0.29) is 98.3 Å². The molecule has 436 valence electrons. The number of carbonyl (C=O) groups is 2. The fourth-order valence-electron chi connectivity index (χ4n) is 12.0. The van der Waals surface area contributed by atoms with Crippen LogP contribution in [0.5, 0.6) is 0 Å². The lowest BCUT2D eigenvalue weighted by molar-refractivity contribution is -0.263. The van der Waals surface area contributed by atoms with Crippen LogP contribution >= 0.6 is 0 Å². The zero-order valence-corrected chi connectivity index (χ0v) is 48.3. The second kappa shape index (κ2) is 26.3. The van der Waals surface area contributed by atoms with E-state index < -0.39 is 83.8 Å². The van der Waals surface area contributed by atoms with E-state index >= 15 is 0 Å².